The van der Waals surface area contributed by atoms with Gasteiger partial charge in [-0.15, -0.1) is 0 Å². The Kier molecular flexibility index (Phi) is 2.65. The van der Waals surface area contributed by atoms with Crippen molar-refractivity contribution in [2.24, 2.45) is 0 Å². The molecule has 3 heteroatoms. The van der Waals surface area contributed by atoms with Crippen molar-refractivity contribution < 1.29 is 9.47 Å². The Morgan fingerprint density at radius 1 is 1.00 bits per heavy atom. The highest BCUT2D eigenvalue weighted by Gasteiger charge is 2.12. The van der Waals surface area contributed by atoms with E-state index >= 15 is 0 Å². The zero-order valence-electron chi connectivity index (χ0n) is 9.15. The number of hydrogen-bond acceptors (Lipinski definition) is 3. The molecule has 2 aromatic rings. The van der Waals surface area contributed by atoms with Gasteiger partial charge in [-0.05, 0) is 0 Å². The molecule has 0 aliphatic heterocycles. The molecule has 3 nitrogen and oxygen atoms in total. The third-order valence-electron chi connectivity index (χ3n) is 2.52. The van der Waals surface area contributed by atoms with Crippen LogP contribution in [0.2, 0.25) is 0 Å². The van der Waals surface area contributed by atoms with E-state index in [1.807, 2.05) is 24.3 Å². The molecule has 2 aromatic carbocycles. The maximum atomic E-state index is 9.14. The lowest BCUT2D eigenvalue weighted by Crippen LogP contribution is -1.93. The number of rotatable bonds is 2. The molecule has 0 bridgehead atoms. The van der Waals surface area contributed by atoms with Gasteiger partial charge in [0.15, 0.2) is 0 Å². The Hall–Kier alpha value is -2.21. The van der Waals surface area contributed by atoms with Crippen molar-refractivity contribution >= 4 is 10.8 Å². The third-order valence-corrected chi connectivity index (χ3v) is 2.52. The first-order valence-electron chi connectivity index (χ1n) is 4.85. The maximum Gasteiger partial charge on any atom is 0.140 e. The number of hydrogen-bond donors (Lipinski definition) is 0. The first-order chi connectivity index (χ1) is 7.81. The van der Waals surface area contributed by atoms with Gasteiger partial charge in [-0.2, -0.15) is 5.26 Å². The number of nitriles is 1. The van der Waals surface area contributed by atoms with Gasteiger partial charge in [0.1, 0.15) is 23.1 Å². The van der Waals surface area contributed by atoms with E-state index in [1.54, 1.807) is 20.3 Å². The van der Waals surface area contributed by atoms with Crippen LogP contribution in [0.4, 0.5) is 0 Å². The molecule has 16 heavy (non-hydrogen) atoms. The van der Waals surface area contributed by atoms with Gasteiger partial charge < -0.3 is 9.47 Å². The van der Waals surface area contributed by atoms with Gasteiger partial charge in [0.05, 0.1) is 14.2 Å². The predicted octanol–water partition coefficient (Wildman–Crippen LogP) is 2.73. The fraction of sp³-hybridized carbons (Fsp3) is 0.154. The van der Waals surface area contributed by atoms with E-state index in [9.17, 15) is 0 Å². The second-order valence-electron chi connectivity index (χ2n) is 3.31. The monoisotopic (exact) mass is 213 g/mol. The van der Waals surface area contributed by atoms with Crippen LogP contribution in [0.1, 0.15) is 5.56 Å². The topological polar surface area (TPSA) is 42.2 Å². The average Bonchev–Trinajstić information content (AvgIpc) is 2.36. The molecule has 0 radical (unpaired) electrons. The van der Waals surface area contributed by atoms with Gasteiger partial charge in [-0.25, -0.2) is 0 Å². The summed E-state index contributed by atoms with van der Waals surface area (Å²) in [5.74, 6) is 1.25. The van der Waals surface area contributed by atoms with Gasteiger partial charge in [0.2, 0.25) is 0 Å². The third kappa shape index (κ3) is 1.45. The molecule has 0 spiro atoms. The average molecular weight is 213 g/mol. The first-order valence-corrected chi connectivity index (χ1v) is 4.85. The van der Waals surface area contributed by atoms with E-state index in [1.165, 1.54) is 0 Å². The summed E-state index contributed by atoms with van der Waals surface area (Å²) in [4.78, 5) is 0. The number of benzene rings is 2. The van der Waals surface area contributed by atoms with E-state index in [-0.39, 0.29) is 0 Å². The molecule has 2 rings (SSSR count). The molecular formula is C13H11NO2. The Labute approximate surface area is 93.8 Å². The van der Waals surface area contributed by atoms with Gasteiger partial charge in [-0.3, -0.25) is 0 Å². The molecule has 0 N–H and O–H groups in total. The summed E-state index contributed by atoms with van der Waals surface area (Å²) >= 11 is 0. The van der Waals surface area contributed by atoms with Gasteiger partial charge in [0, 0.05) is 16.8 Å². The van der Waals surface area contributed by atoms with Gasteiger partial charge >= 0.3 is 0 Å². The molecule has 0 saturated carbocycles. The van der Waals surface area contributed by atoms with Gasteiger partial charge in [0.25, 0.3) is 0 Å². The van der Waals surface area contributed by atoms with Crippen molar-refractivity contribution in [1.82, 2.24) is 0 Å². The minimum absolute atomic E-state index is 0.540. The van der Waals surface area contributed by atoms with Gasteiger partial charge in [-0.1, -0.05) is 24.3 Å². The van der Waals surface area contributed by atoms with Crippen LogP contribution in [0.15, 0.2) is 30.3 Å². The Bertz CT molecular complexity index is 570. The summed E-state index contributed by atoms with van der Waals surface area (Å²) in [5.41, 5.74) is 0.541. The van der Waals surface area contributed by atoms with Crippen LogP contribution < -0.4 is 9.47 Å². The summed E-state index contributed by atoms with van der Waals surface area (Å²) in [5, 5.41) is 10.9. The smallest absolute Gasteiger partial charge is 0.140 e. The minimum atomic E-state index is 0.540. The van der Waals surface area contributed by atoms with Crippen molar-refractivity contribution in [3.05, 3.63) is 35.9 Å². The molecule has 0 fully saturated rings. The molecule has 0 unspecified atom stereocenters. The first kappa shape index (κ1) is 10.3. The van der Waals surface area contributed by atoms with Crippen LogP contribution in [-0.2, 0) is 0 Å². The van der Waals surface area contributed by atoms with E-state index in [4.69, 9.17) is 14.7 Å². The highest BCUT2D eigenvalue weighted by molar-refractivity contribution is 5.94. The van der Waals surface area contributed by atoms with E-state index < -0.39 is 0 Å². The molecule has 0 amide bonds. The summed E-state index contributed by atoms with van der Waals surface area (Å²) in [7, 11) is 3.15. The number of fused-ring (bicyclic) bond motifs is 1. The molecule has 0 aliphatic carbocycles. The van der Waals surface area contributed by atoms with Crippen LogP contribution in [0.3, 0.4) is 0 Å². The summed E-state index contributed by atoms with van der Waals surface area (Å²) in [6, 6.07) is 11.5. The summed E-state index contributed by atoms with van der Waals surface area (Å²) < 4.78 is 10.5. The second kappa shape index (κ2) is 4.11. The maximum absolute atomic E-state index is 9.14. The zero-order valence-corrected chi connectivity index (χ0v) is 9.15. The molecular weight excluding hydrogens is 202 g/mol. The Balaban J connectivity index is 2.90. The predicted molar refractivity (Wildman–Crippen MR) is 61.8 cm³/mol. The quantitative estimate of drug-likeness (QED) is 0.770. The Morgan fingerprint density at radius 2 is 1.62 bits per heavy atom. The lowest BCUT2D eigenvalue weighted by Gasteiger charge is -2.10. The number of nitrogens with zero attached hydrogens (tertiary/aromatic N) is 1. The van der Waals surface area contributed by atoms with Crippen LogP contribution in [-0.4, -0.2) is 14.2 Å². The van der Waals surface area contributed by atoms with Crippen LogP contribution in [0.5, 0.6) is 11.5 Å². The van der Waals surface area contributed by atoms with Crippen molar-refractivity contribution in [2.45, 2.75) is 0 Å². The lowest BCUT2D eigenvalue weighted by molar-refractivity contribution is 0.397. The molecule has 0 aliphatic rings. The molecule has 0 atom stereocenters. The fourth-order valence-electron chi connectivity index (χ4n) is 1.76. The van der Waals surface area contributed by atoms with Crippen LogP contribution in [0, 0.1) is 11.3 Å². The van der Waals surface area contributed by atoms with Crippen LogP contribution in [0.25, 0.3) is 10.8 Å². The molecule has 0 aromatic heterocycles. The fourth-order valence-corrected chi connectivity index (χ4v) is 1.76. The highest BCUT2D eigenvalue weighted by Crippen LogP contribution is 2.34. The largest absolute Gasteiger partial charge is 0.496 e. The minimum Gasteiger partial charge on any atom is -0.496 e. The van der Waals surface area contributed by atoms with Crippen molar-refractivity contribution in [3.8, 4) is 17.6 Å². The van der Waals surface area contributed by atoms with E-state index in [0.717, 1.165) is 10.8 Å². The SMILES string of the molecule is COc1cc(OC)c2ccccc2c1C#N. The van der Waals surface area contributed by atoms with Crippen molar-refractivity contribution in [1.29, 1.82) is 5.26 Å². The molecule has 0 heterocycles. The zero-order chi connectivity index (χ0) is 11.5. The van der Waals surface area contributed by atoms with Crippen molar-refractivity contribution in [3.63, 3.8) is 0 Å². The van der Waals surface area contributed by atoms with Crippen molar-refractivity contribution in [2.75, 3.05) is 14.2 Å². The van der Waals surface area contributed by atoms with Crippen LogP contribution >= 0.6 is 0 Å². The molecule has 80 valence electrons. The molecule has 0 saturated heterocycles. The summed E-state index contributed by atoms with van der Waals surface area (Å²) in [6.45, 7) is 0. The standard InChI is InChI=1S/C13H11NO2/c1-15-12-7-13(16-2)11(8-14)9-5-3-4-6-10(9)12/h3-7H,1-2H3. The van der Waals surface area contributed by atoms with E-state index in [2.05, 4.69) is 6.07 Å². The number of ether oxygens (including phenoxy) is 2. The summed E-state index contributed by atoms with van der Waals surface area (Å²) in [6.07, 6.45) is 0. The lowest BCUT2D eigenvalue weighted by atomic mass is 10.0. The van der Waals surface area contributed by atoms with E-state index in [0.29, 0.717) is 17.1 Å². The normalized spacial score (nSPS) is 9.81. The Morgan fingerprint density at radius 3 is 2.19 bits per heavy atom. The highest BCUT2D eigenvalue weighted by atomic mass is 16.5. The number of methoxy groups -OCH3 is 2. The second-order valence-corrected chi connectivity index (χ2v) is 3.31.